The molecule has 3 aromatic rings. The zero-order chi connectivity index (χ0) is 25.3. The second-order valence-corrected chi connectivity index (χ2v) is 9.19. The number of carbonyl (C=O) groups excluding carboxylic acids is 2. The highest BCUT2D eigenvalue weighted by Gasteiger charge is 2.42. The van der Waals surface area contributed by atoms with Gasteiger partial charge in [-0.2, -0.15) is 0 Å². The highest BCUT2D eigenvalue weighted by molar-refractivity contribution is 6.30. The van der Waals surface area contributed by atoms with E-state index in [-0.39, 0.29) is 11.4 Å². The summed E-state index contributed by atoms with van der Waals surface area (Å²) in [6.45, 7) is 4.25. The van der Waals surface area contributed by atoms with Crippen LogP contribution in [0.15, 0.2) is 58.1 Å². The summed E-state index contributed by atoms with van der Waals surface area (Å²) in [6.07, 6.45) is 1.52. The number of aryl methyl sites for hydroxylation is 1. The van der Waals surface area contributed by atoms with E-state index >= 15 is 0 Å². The molecule has 2 N–H and O–H groups in total. The molecule has 0 fully saturated rings. The van der Waals surface area contributed by atoms with E-state index in [1.165, 1.54) is 11.6 Å². The highest BCUT2D eigenvalue weighted by Crippen LogP contribution is 2.35. The van der Waals surface area contributed by atoms with E-state index in [4.69, 9.17) is 11.6 Å². The molecule has 0 spiro atoms. The number of hydrogen-bond donors (Lipinski definition) is 2. The fourth-order valence-corrected chi connectivity index (χ4v) is 4.48. The molecule has 1 aromatic heterocycles. The lowest BCUT2D eigenvalue weighted by atomic mass is 9.82. The van der Waals surface area contributed by atoms with Crippen LogP contribution in [0.3, 0.4) is 0 Å². The molecule has 2 amide bonds. The summed E-state index contributed by atoms with van der Waals surface area (Å²) < 4.78 is 2.48. The van der Waals surface area contributed by atoms with Crippen LogP contribution in [-0.4, -0.2) is 27.0 Å². The Morgan fingerprint density at radius 1 is 1.06 bits per heavy atom. The van der Waals surface area contributed by atoms with Crippen molar-refractivity contribution in [2.45, 2.75) is 45.2 Å². The topological polar surface area (TPSA) is 102 Å². The van der Waals surface area contributed by atoms with Crippen molar-refractivity contribution >= 4 is 29.2 Å². The molecule has 0 saturated carbocycles. The molecular formula is C26H27ClN4O4. The first-order chi connectivity index (χ1) is 16.7. The van der Waals surface area contributed by atoms with Gasteiger partial charge in [0.2, 0.25) is 5.91 Å². The minimum absolute atomic E-state index is 0.178. The number of rotatable bonds is 6. The largest absolute Gasteiger partial charge is 0.339 e. The molecule has 2 heterocycles. The summed E-state index contributed by atoms with van der Waals surface area (Å²) in [6, 6.07) is 12.7. The molecule has 182 valence electrons. The Hall–Kier alpha value is -3.65. The van der Waals surface area contributed by atoms with Gasteiger partial charge in [-0.3, -0.25) is 23.5 Å². The highest BCUT2D eigenvalue weighted by atomic mass is 35.5. The first kappa shape index (κ1) is 24.5. The van der Waals surface area contributed by atoms with Crippen molar-refractivity contribution in [1.29, 1.82) is 0 Å². The van der Waals surface area contributed by atoms with Crippen LogP contribution >= 0.6 is 11.6 Å². The maximum absolute atomic E-state index is 13.4. The molecule has 1 aliphatic heterocycles. The average Bonchev–Trinajstić information content (AvgIpc) is 2.84. The van der Waals surface area contributed by atoms with Gasteiger partial charge < -0.3 is 10.6 Å². The Morgan fingerprint density at radius 3 is 2.34 bits per heavy atom. The third kappa shape index (κ3) is 4.66. The first-order valence-corrected chi connectivity index (χ1v) is 11.9. The zero-order valence-electron chi connectivity index (χ0n) is 19.8. The van der Waals surface area contributed by atoms with Gasteiger partial charge in [0.15, 0.2) is 0 Å². The number of unbranched alkanes of at least 4 members (excludes halogenated alkanes) is 1. The van der Waals surface area contributed by atoms with Crippen molar-refractivity contribution in [3.63, 3.8) is 0 Å². The first-order valence-electron chi connectivity index (χ1n) is 11.5. The zero-order valence-corrected chi connectivity index (χ0v) is 20.6. The smallest absolute Gasteiger partial charge is 0.332 e. The molecule has 4 rings (SSSR count). The van der Waals surface area contributed by atoms with E-state index in [1.807, 2.05) is 26.0 Å². The Labute approximate surface area is 207 Å². The summed E-state index contributed by atoms with van der Waals surface area (Å²) in [5.74, 6) is -1.59. The van der Waals surface area contributed by atoms with Gasteiger partial charge in [-0.15, -0.1) is 0 Å². The monoisotopic (exact) mass is 494 g/mol. The van der Waals surface area contributed by atoms with E-state index < -0.39 is 35.0 Å². The SMILES string of the molecule is CCCCn1c2c(c(=O)n(C)c1=O)[C@H](c1ccc(Cl)cc1)[C@H](NC(=O)c1ccc(C)cc1)C(=O)N2. The number of halogens is 1. The summed E-state index contributed by atoms with van der Waals surface area (Å²) >= 11 is 6.09. The number of amides is 2. The van der Waals surface area contributed by atoms with E-state index in [2.05, 4.69) is 10.6 Å². The summed E-state index contributed by atoms with van der Waals surface area (Å²) in [5.41, 5.74) is 1.24. The van der Waals surface area contributed by atoms with E-state index in [9.17, 15) is 19.2 Å². The minimum Gasteiger partial charge on any atom is -0.339 e. The molecular weight excluding hydrogens is 468 g/mol. The lowest BCUT2D eigenvalue weighted by Crippen LogP contribution is -2.55. The molecule has 0 saturated heterocycles. The lowest BCUT2D eigenvalue weighted by Gasteiger charge is -2.34. The molecule has 0 bridgehead atoms. The molecule has 0 aliphatic carbocycles. The lowest BCUT2D eigenvalue weighted by molar-refractivity contribution is -0.118. The number of carbonyl (C=O) groups is 2. The number of nitrogens with zero attached hydrogens (tertiary/aromatic N) is 2. The number of anilines is 1. The van der Waals surface area contributed by atoms with Crippen molar-refractivity contribution in [2.24, 2.45) is 7.05 Å². The van der Waals surface area contributed by atoms with Crippen molar-refractivity contribution in [3.8, 4) is 0 Å². The van der Waals surface area contributed by atoms with Gasteiger partial charge in [0.1, 0.15) is 11.9 Å². The summed E-state index contributed by atoms with van der Waals surface area (Å²) in [7, 11) is 1.42. The number of fused-ring (bicyclic) bond motifs is 1. The number of nitrogens with one attached hydrogen (secondary N) is 2. The van der Waals surface area contributed by atoms with Crippen LogP contribution in [0.5, 0.6) is 0 Å². The average molecular weight is 495 g/mol. The molecule has 2 atom stereocenters. The Kier molecular flexibility index (Phi) is 6.93. The Morgan fingerprint density at radius 2 is 1.71 bits per heavy atom. The van der Waals surface area contributed by atoms with Gasteiger partial charge in [0.25, 0.3) is 11.5 Å². The Balaban J connectivity index is 1.89. The fourth-order valence-electron chi connectivity index (χ4n) is 4.35. The maximum Gasteiger partial charge on any atom is 0.332 e. The van der Waals surface area contributed by atoms with Crippen LogP contribution in [0.25, 0.3) is 0 Å². The van der Waals surface area contributed by atoms with Crippen molar-refractivity contribution in [1.82, 2.24) is 14.5 Å². The van der Waals surface area contributed by atoms with Gasteiger partial charge in [-0.1, -0.05) is 54.8 Å². The third-order valence-corrected chi connectivity index (χ3v) is 6.56. The Bertz CT molecular complexity index is 1390. The molecule has 0 radical (unpaired) electrons. The fraction of sp³-hybridized carbons (Fsp3) is 0.308. The quantitative estimate of drug-likeness (QED) is 0.549. The number of benzene rings is 2. The van der Waals surface area contributed by atoms with E-state index in [0.717, 1.165) is 16.6 Å². The number of hydrogen-bond acceptors (Lipinski definition) is 4. The predicted molar refractivity (Wildman–Crippen MR) is 135 cm³/mol. The van der Waals surface area contributed by atoms with Crippen LogP contribution in [-0.2, 0) is 18.4 Å². The summed E-state index contributed by atoms with van der Waals surface area (Å²) in [5, 5.41) is 6.05. The van der Waals surface area contributed by atoms with Gasteiger partial charge in [0, 0.05) is 30.1 Å². The predicted octanol–water partition coefficient (Wildman–Crippen LogP) is 3.19. The van der Waals surface area contributed by atoms with E-state index in [1.54, 1.807) is 36.4 Å². The number of aromatic nitrogens is 2. The normalized spacial score (nSPS) is 17.0. The van der Waals surface area contributed by atoms with Crippen LogP contribution in [0.4, 0.5) is 5.82 Å². The second-order valence-electron chi connectivity index (χ2n) is 8.75. The van der Waals surface area contributed by atoms with Gasteiger partial charge in [-0.25, -0.2) is 4.79 Å². The van der Waals surface area contributed by atoms with Crippen molar-refractivity contribution < 1.29 is 9.59 Å². The van der Waals surface area contributed by atoms with Gasteiger partial charge >= 0.3 is 5.69 Å². The standard InChI is InChI=1S/C26H27ClN4O4/c1-4-5-14-31-22-20(25(34)30(3)26(31)35)19(16-10-12-18(27)13-11-16)21(24(33)29-22)28-23(32)17-8-6-15(2)7-9-17/h6-13,19,21H,4-5,14H2,1-3H3,(H,28,32)(H,29,33)/t19-,21-/m0/s1. The van der Waals surface area contributed by atoms with Gasteiger partial charge in [-0.05, 0) is 43.2 Å². The van der Waals surface area contributed by atoms with Crippen LogP contribution in [0, 0.1) is 6.92 Å². The van der Waals surface area contributed by atoms with Gasteiger partial charge in [0.05, 0.1) is 5.56 Å². The molecule has 9 heteroatoms. The molecule has 1 aliphatic rings. The van der Waals surface area contributed by atoms with Crippen LogP contribution in [0.2, 0.25) is 5.02 Å². The van der Waals surface area contributed by atoms with Crippen LogP contribution in [0.1, 0.15) is 52.7 Å². The molecule has 0 unspecified atom stereocenters. The third-order valence-electron chi connectivity index (χ3n) is 6.31. The second kappa shape index (κ2) is 9.92. The van der Waals surface area contributed by atoms with Crippen molar-refractivity contribution in [2.75, 3.05) is 5.32 Å². The molecule has 2 aromatic carbocycles. The van der Waals surface area contributed by atoms with Crippen molar-refractivity contribution in [3.05, 3.63) is 96.6 Å². The van der Waals surface area contributed by atoms with Crippen LogP contribution < -0.4 is 21.9 Å². The van der Waals surface area contributed by atoms with E-state index in [0.29, 0.717) is 29.1 Å². The molecule has 35 heavy (non-hydrogen) atoms. The maximum atomic E-state index is 13.4. The summed E-state index contributed by atoms with van der Waals surface area (Å²) in [4.78, 5) is 52.8. The minimum atomic E-state index is -1.08. The molecule has 8 nitrogen and oxygen atoms in total.